The number of alkyl halides is 3. The van der Waals surface area contributed by atoms with E-state index in [9.17, 15) is 13.2 Å². The lowest BCUT2D eigenvalue weighted by Gasteiger charge is -2.08. The molecule has 0 aromatic carbocycles. The first kappa shape index (κ1) is 10.8. The molecule has 0 aliphatic carbocycles. The van der Waals surface area contributed by atoms with Crippen LogP contribution in [0.5, 0.6) is 0 Å². The molecule has 0 spiro atoms. The summed E-state index contributed by atoms with van der Waals surface area (Å²) < 4.78 is 40.9. The third-order valence-electron chi connectivity index (χ3n) is 2.08. The lowest BCUT2D eigenvalue weighted by Crippen LogP contribution is -2.15. The summed E-state index contributed by atoms with van der Waals surface area (Å²) in [6.45, 7) is -0.194. The minimum absolute atomic E-state index is 0.194. The number of fused-ring (bicyclic) bond motifs is 1. The third kappa shape index (κ3) is 2.44. The van der Waals surface area contributed by atoms with E-state index in [4.69, 9.17) is 4.42 Å². The van der Waals surface area contributed by atoms with Gasteiger partial charge < -0.3 is 9.73 Å². The number of nitrogens with zero attached hydrogens (tertiary/aromatic N) is 1. The van der Waals surface area contributed by atoms with E-state index in [1.807, 2.05) is 0 Å². The highest BCUT2D eigenvalue weighted by atomic mass is 19.4. The van der Waals surface area contributed by atoms with Gasteiger partial charge >= 0.3 is 6.18 Å². The minimum Gasteiger partial charge on any atom is -0.464 e. The van der Waals surface area contributed by atoms with Gasteiger partial charge in [0.15, 0.2) is 0 Å². The number of anilines is 1. The largest absolute Gasteiger partial charge is 0.464 e. The van der Waals surface area contributed by atoms with Gasteiger partial charge in [0.1, 0.15) is 11.4 Å². The van der Waals surface area contributed by atoms with Gasteiger partial charge in [-0.2, -0.15) is 13.2 Å². The number of rotatable bonds is 3. The third-order valence-corrected chi connectivity index (χ3v) is 2.08. The quantitative estimate of drug-likeness (QED) is 0.879. The summed E-state index contributed by atoms with van der Waals surface area (Å²) in [5.74, 6) is 0.413. The van der Waals surface area contributed by atoms with E-state index in [1.54, 1.807) is 12.1 Å². The number of pyridine rings is 1. The fourth-order valence-corrected chi connectivity index (χ4v) is 1.36. The molecule has 0 saturated heterocycles. The maximum atomic E-state index is 11.9. The van der Waals surface area contributed by atoms with Gasteiger partial charge in [-0.3, -0.25) is 0 Å². The standard InChI is InChI=1S/C10H9F3N2O/c11-10(12,13)3-5-15-9-7-2-6-16-8(7)1-4-14-9/h1-2,4,6H,3,5H2,(H,14,15). The lowest BCUT2D eigenvalue weighted by atomic mass is 10.3. The number of halogens is 3. The monoisotopic (exact) mass is 230 g/mol. The maximum absolute atomic E-state index is 11.9. The molecule has 86 valence electrons. The zero-order chi connectivity index (χ0) is 11.6. The Morgan fingerprint density at radius 2 is 2.12 bits per heavy atom. The number of aromatic nitrogens is 1. The highest BCUT2D eigenvalue weighted by molar-refractivity contribution is 5.87. The van der Waals surface area contributed by atoms with Crippen LogP contribution in [0.25, 0.3) is 11.0 Å². The van der Waals surface area contributed by atoms with Crippen LogP contribution in [0.1, 0.15) is 6.42 Å². The highest BCUT2D eigenvalue weighted by Crippen LogP contribution is 2.23. The fraction of sp³-hybridized carbons (Fsp3) is 0.300. The van der Waals surface area contributed by atoms with E-state index in [0.717, 1.165) is 0 Å². The Bertz CT molecular complexity index is 478. The van der Waals surface area contributed by atoms with Crippen molar-refractivity contribution in [3.8, 4) is 0 Å². The van der Waals surface area contributed by atoms with Crippen molar-refractivity contribution in [2.45, 2.75) is 12.6 Å². The molecule has 6 heteroatoms. The fourth-order valence-electron chi connectivity index (χ4n) is 1.36. The van der Waals surface area contributed by atoms with Crippen molar-refractivity contribution in [3.63, 3.8) is 0 Å². The molecule has 1 N–H and O–H groups in total. The lowest BCUT2D eigenvalue weighted by molar-refractivity contribution is -0.131. The summed E-state index contributed by atoms with van der Waals surface area (Å²) in [6.07, 6.45) is -2.08. The molecule has 0 unspecified atom stereocenters. The van der Waals surface area contributed by atoms with Gasteiger partial charge in [-0.1, -0.05) is 0 Å². The molecule has 2 aromatic rings. The Morgan fingerprint density at radius 1 is 1.31 bits per heavy atom. The second-order valence-electron chi connectivity index (χ2n) is 3.28. The van der Waals surface area contributed by atoms with Crippen LogP contribution in [-0.4, -0.2) is 17.7 Å². The SMILES string of the molecule is FC(F)(F)CCNc1nccc2occc12. The summed E-state index contributed by atoms with van der Waals surface area (Å²) in [5.41, 5.74) is 0.601. The Kier molecular flexibility index (Phi) is 2.72. The first-order valence-corrected chi connectivity index (χ1v) is 4.69. The molecule has 2 rings (SSSR count). The average Bonchev–Trinajstić information content (AvgIpc) is 2.64. The molecule has 0 aliphatic heterocycles. The van der Waals surface area contributed by atoms with Crippen molar-refractivity contribution in [2.24, 2.45) is 0 Å². The predicted octanol–water partition coefficient (Wildman–Crippen LogP) is 3.19. The molecule has 16 heavy (non-hydrogen) atoms. The van der Waals surface area contributed by atoms with Crippen molar-refractivity contribution in [3.05, 3.63) is 24.6 Å². The highest BCUT2D eigenvalue weighted by Gasteiger charge is 2.26. The summed E-state index contributed by atoms with van der Waals surface area (Å²) in [6, 6.07) is 3.32. The van der Waals surface area contributed by atoms with Gasteiger partial charge in [0, 0.05) is 12.7 Å². The van der Waals surface area contributed by atoms with Gasteiger partial charge in [-0.05, 0) is 12.1 Å². The maximum Gasteiger partial charge on any atom is 0.390 e. The molecule has 0 saturated carbocycles. The molecule has 0 atom stereocenters. The first-order valence-electron chi connectivity index (χ1n) is 4.69. The van der Waals surface area contributed by atoms with Gasteiger partial charge in [0.05, 0.1) is 18.1 Å². The number of hydrogen-bond acceptors (Lipinski definition) is 3. The van der Waals surface area contributed by atoms with Gasteiger partial charge in [-0.25, -0.2) is 4.98 Å². The van der Waals surface area contributed by atoms with Crippen molar-refractivity contribution >= 4 is 16.8 Å². The zero-order valence-electron chi connectivity index (χ0n) is 8.21. The number of furan rings is 1. The van der Waals surface area contributed by atoms with Gasteiger partial charge in [-0.15, -0.1) is 0 Å². The molecule has 2 aromatic heterocycles. The van der Waals surface area contributed by atoms with E-state index in [0.29, 0.717) is 16.8 Å². The van der Waals surface area contributed by atoms with Crippen LogP contribution in [0.2, 0.25) is 0 Å². The summed E-state index contributed by atoms with van der Waals surface area (Å²) in [5, 5.41) is 3.32. The van der Waals surface area contributed by atoms with Crippen LogP contribution in [0.4, 0.5) is 19.0 Å². The summed E-state index contributed by atoms with van der Waals surface area (Å²) >= 11 is 0. The zero-order valence-corrected chi connectivity index (χ0v) is 8.21. The topological polar surface area (TPSA) is 38.1 Å². The summed E-state index contributed by atoms with van der Waals surface area (Å²) in [4.78, 5) is 3.96. The molecular weight excluding hydrogens is 221 g/mol. The Hall–Kier alpha value is -1.72. The molecule has 0 fully saturated rings. The minimum atomic E-state index is -4.16. The number of hydrogen-bond donors (Lipinski definition) is 1. The molecule has 2 heterocycles. The summed E-state index contributed by atoms with van der Waals surface area (Å²) in [7, 11) is 0. The van der Waals surface area contributed by atoms with E-state index in [-0.39, 0.29) is 6.54 Å². The second-order valence-corrected chi connectivity index (χ2v) is 3.28. The second kappa shape index (κ2) is 4.03. The van der Waals surface area contributed by atoms with Crippen LogP contribution >= 0.6 is 0 Å². The average molecular weight is 230 g/mol. The number of nitrogens with one attached hydrogen (secondary N) is 1. The van der Waals surface area contributed by atoms with E-state index < -0.39 is 12.6 Å². The molecule has 3 nitrogen and oxygen atoms in total. The van der Waals surface area contributed by atoms with Gasteiger partial charge in [0.25, 0.3) is 0 Å². The predicted molar refractivity (Wildman–Crippen MR) is 53.2 cm³/mol. The Labute approximate surface area is 89.3 Å². The smallest absolute Gasteiger partial charge is 0.390 e. The first-order chi connectivity index (χ1) is 7.56. The van der Waals surface area contributed by atoms with Crippen LogP contribution in [0.15, 0.2) is 29.0 Å². The van der Waals surface area contributed by atoms with Gasteiger partial charge in [0.2, 0.25) is 0 Å². The molecular formula is C10H9F3N2O. The normalized spacial score (nSPS) is 11.9. The van der Waals surface area contributed by atoms with E-state index >= 15 is 0 Å². The van der Waals surface area contributed by atoms with Crippen molar-refractivity contribution in [2.75, 3.05) is 11.9 Å². The van der Waals surface area contributed by atoms with Crippen LogP contribution in [0.3, 0.4) is 0 Å². The molecule has 0 radical (unpaired) electrons. The Morgan fingerprint density at radius 3 is 2.88 bits per heavy atom. The molecule has 0 bridgehead atoms. The van der Waals surface area contributed by atoms with Crippen LogP contribution < -0.4 is 5.32 Å². The van der Waals surface area contributed by atoms with E-state index in [1.165, 1.54) is 12.5 Å². The van der Waals surface area contributed by atoms with Crippen LogP contribution in [0, 0.1) is 0 Å². The van der Waals surface area contributed by atoms with Crippen molar-refractivity contribution in [1.82, 2.24) is 4.98 Å². The van der Waals surface area contributed by atoms with Crippen molar-refractivity contribution < 1.29 is 17.6 Å². The Balaban J connectivity index is 2.07. The van der Waals surface area contributed by atoms with E-state index in [2.05, 4.69) is 10.3 Å². The molecule has 0 amide bonds. The molecule has 0 aliphatic rings. The van der Waals surface area contributed by atoms with Crippen molar-refractivity contribution in [1.29, 1.82) is 0 Å². The van der Waals surface area contributed by atoms with Crippen LogP contribution in [-0.2, 0) is 0 Å².